The Kier molecular flexibility index (Phi) is 5.14. The van der Waals surface area contributed by atoms with Crippen LogP contribution in [0.1, 0.15) is 5.56 Å². The third-order valence-electron chi connectivity index (χ3n) is 4.47. The van der Waals surface area contributed by atoms with Gasteiger partial charge in [0.1, 0.15) is 12.7 Å². The highest BCUT2D eigenvalue weighted by Gasteiger charge is 2.21. The first-order valence-corrected chi connectivity index (χ1v) is 9.05. The van der Waals surface area contributed by atoms with Crippen molar-refractivity contribution < 1.29 is 23.8 Å². The molecule has 2 N–H and O–H groups in total. The van der Waals surface area contributed by atoms with Crippen molar-refractivity contribution in [3.05, 3.63) is 60.3 Å². The minimum atomic E-state index is -0.453. The van der Waals surface area contributed by atoms with E-state index in [0.29, 0.717) is 18.1 Å². The summed E-state index contributed by atoms with van der Waals surface area (Å²) in [7, 11) is 0. The molecule has 3 aromatic rings. The van der Waals surface area contributed by atoms with Crippen molar-refractivity contribution in [2.24, 2.45) is 0 Å². The van der Waals surface area contributed by atoms with Crippen LogP contribution in [0, 0.1) is 0 Å². The van der Waals surface area contributed by atoms with Crippen molar-refractivity contribution in [1.82, 2.24) is 10.3 Å². The van der Waals surface area contributed by atoms with Crippen LogP contribution in [0.2, 0.25) is 0 Å². The van der Waals surface area contributed by atoms with Gasteiger partial charge in [-0.1, -0.05) is 30.3 Å². The van der Waals surface area contributed by atoms with Gasteiger partial charge < -0.3 is 24.5 Å². The zero-order valence-corrected chi connectivity index (χ0v) is 15.1. The lowest BCUT2D eigenvalue weighted by molar-refractivity contribution is -0.148. The predicted molar refractivity (Wildman–Crippen MR) is 102 cm³/mol. The van der Waals surface area contributed by atoms with Gasteiger partial charge in [-0.2, -0.15) is 0 Å². The summed E-state index contributed by atoms with van der Waals surface area (Å²) >= 11 is 0. The van der Waals surface area contributed by atoms with E-state index >= 15 is 0 Å². The van der Waals surface area contributed by atoms with Gasteiger partial charge in [-0.05, 0) is 23.8 Å². The SMILES string of the molecule is O=C(COC(=O)Cc1c[nH]c2ccccc12)NC[C@H]1COc2ccccc2O1. The molecule has 0 saturated carbocycles. The molecule has 144 valence electrons. The lowest BCUT2D eigenvalue weighted by Gasteiger charge is -2.26. The molecule has 0 spiro atoms. The Bertz CT molecular complexity index is 997. The van der Waals surface area contributed by atoms with Gasteiger partial charge in [0.05, 0.1) is 13.0 Å². The van der Waals surface area contributed by atoms with Gasteiger partial charge in [-0.25, -0.2) is 0 Å². The van der Waals surface area contributed by atoms with Gasteiger partial charge in [0.15, 0.2) is 18.1 Å². The second kappa shape index (κ2) is 8.04. The number of H-pyrrole nitrogens is 1. The molecule has 1 aliphatic rings. The van der Waals surface area contributed by atoms with Crippen molar-refractivity contribution in [3.8, 4) is 11.5 Å². The number of hydrogen-bond acceptors (Lipinski definition) is 5. The molecule has 0 bridgehead atoms. The number of amides is 1. The Labute approximate surface area is 161 Å². The summed E-state index contributed by atoms with van der Waals surface area (Å²) < 4.78 is 16.4. The summed E-state index contributed by atoms with van der Waals surface area (Å²) in [6, 6.07) is 15.1. The predicted octanol–water partition coefficient (Wildman–Crippen LogP) is 2.21. The third kappa shape index (κ3) is 4.09. The minimum Gasteiger partial charge on any atom is -0.486 e. The van der Waals surface area contributed by atoms with E-state index in [1.807, 2.05) is 48.5 Å². The number of nitrogens with one attached hydrogen (secondary N) is 2. The summed E-state index contributed by atoms with van der Waals surface area (Å²) in [6.07, 6.45) is 1.60. The molecule has 7 heteroatoms. The Hall–Kier alpha value is -3.48. The van der Waals surface area contributed by atoms with Gasteiger partial charge in [-0.3, -0.25) is 9.59 Å². The lowest BCUT2D eigenvalue weighted by Crippen LogP contribution is -2.42. The quantitative estimate of drug-likeness (QED) is 0.640. The summed E-state index contributed by atoms with van der Waals surface area (Å²) in [4.78, 5) is 27.1. The maximum Gasteiger partial charge on any atom is 0.310 e. The van der Waals surface area contributed by atoms with Gasteiger partial charge in [0.2, 0.25) is 0 Å². The lowest BCUT2D eigenvalue weighted by atomic mass is 10.1. The normalized spacial score (nSPS) is 15.2. The van der Waals surface area contributed by atoms with Crippen LogP contribution in [-0.2, 0) is 20.7 Å². The summed E-state index contributed by atoms with van der Waals surface area (Å²) in [5, 5.41) is 3.67. The number of esters is 1. The van der Waals surface area contributed by atoms with Gasteiger partial charge >= 0.3 is 5.97 Å². The van der Waals surface area contributed by atoms with E-state index in [0.717, 1.165) is 16.5 Å². The highest BCUT2D eigenvalue weighted by atomic mass is 16.6. The number of aromatic nitrogens is 1. The first kappa shape index (κ1) is 17.9. The fraction of sp³-hybridized carbons (Fsp3) is 0.238. The summed E-state index contributed by atoms with van der Waals surface area (Å²) in [6.45, 7) is 0.288. The number of para-hydroxylation sites is 3. The topological polar surface area (TPSA) is 89.7 Å². The molecule has 1 atom stereocenters. The number of benzene rings is 2. The van der Waals surface area contributed by atoms with Gasteiger partial charge in [0.25, 0.3) is 5.91 Å². The fourth-order valence-corrected chi connectivity index (χ4v) is 3.07. The van der Waals surface area contributed by atoms with Crippen molar-refractivity contribution in [2.75, 3.05) is 19.8 Å². The Morgan fingerprint density at radius 2 is 1.89 bits per heavy atom. The Morgan fingerprint density at radius 1 is 1.11 bits per heavy atom. The van der Waals surface area contributed by atoms with Gasteiger partial charge in [-0.15, -0.1) is 0 Å². The standard InChI is InChI=1S/C21H20N2O5/c24-20(23-11-15-12-26-18-7-3-4-8-19(18)28-15)13-27-21(25)9-14-10-22-17-6-2-1-5-16(14)17/h1-8,10,15,22H,9,11-13H2,(H,23,24)/t15-/m0/s1. The molecule has 1 amide bonds. The molecule has 1 aliphatic heterocycles. The Morgan fingerprint density at radius 3 is 2.79 bits per heavy atom. The van der Waals surface area contributed by atoms with E-state index in [1.54, 1.807) is 6.20 Å². The fourth-order valence-electron chi connectivity index (χ4n) is 3.07. The van der Waals surface area contributed by atoms with Crippen LogP contribution in [0.15, 0.2) is 54.7 Å². The molecular weight excluding hydrogens is 360 g/mol. The van der Waals surface area contributed by atoms with Crippen LogP contribution in [0.4, 0.5) is 0 Å². The highest BCUT2D eigenvalue weighted by molar-refractivity contribution is 5.88. The van der Waals surface area contributed by atoms with E-state index in [4.69, 9.17) is 14.2 Å². The smallest absolute Gasteiger partial charge is 0.310 e. The molecule has 4 rings (SSSR count). The zero-order valence-electron chi connectivity index (χ0n) is 15.1. The molecule has 7 nitrogen and oxygen atoms in total. The van der Waals surface area contributed by atoms with Crippen LogP contribution >= 0.6 is 0 Å². The number of aromatic amines is 1. The highest BCUT2D eigenvalue weighted by Crippen LogP contribution is 2.30. The maximum absolute atomic E-state index is 12.0. The van der Waals surface area contributed by atoms with Crippen LogP contribution in [0.25, 0.3) is 10.9 Å². The van der Waals surface area contributed by atoms with Crippen molar-refractivity contribution in [1.29, 1.82) is 0 Å². The third-order valence-corrected chi connectivity index (χ3v) is 4.47. The van der Waals surface area contributed by atoms with Crippen molar-refractivity contribution >= 4 is 22.8 Å². The van der Waals surface area contributed by atoms with Crippen LogP contribution in [0.5, 0.6) is 11.5 Å². The van der Waals surface area contributed by atoms with E-state index in [-0.39, 0.29) is 31.6 Å². The Balaban J connectivity index is 1.21. The van der Waals surface area contributed by atoms with Gasteiger partial charge in [0, 0.05) is 17.1 Å². The van der Waals surface area contributed by atoms with Crippen molar-refractivity contribution in [3.63, 3.8) is 0 Å². The number of carbonyl (C=O) groups is 2. The maximum atomic E-state index is 12.0. The molecule has 28 heavy (non-hydrogen) atoms. The molecule has 2 heterocycles. The zero-order chi connectivity index (χ0) is 19.3. The molecular formula is C21H20N2O5. The molecule has 0 saturated heterocycles. The average molecular weight is 380 g/mol. The summed E-state index contributed by atoms with van der Waals surface area (Å²) in [5.41, 5.74) is 1.80. The second-order valence-corrected chi connectivity index (χ2v) is 6.50. The van der Waals surface area contributed by atoms with E-state index in [2.05, 4.69) is 10.3 Å². The molecule has 2 aromatic carbocycles. The summed E-state index contributed by atoms with van der Waals surface area (Å²) in [5.74, 6) is 0.509. The second-order valence-electron chi connectivity index (χ2n) is 6.50. The van der Waals surface area contributed by atoms with Crippen molar-refractivity contribution in [2.45, 2.75) is 12.5 Å². The minimum absolute atomic E-state index is 0.105. The van der Waals surface area contributed by atoms with Crippen LogP contribution in [-0.4, -0.2) is 42.7 Å². The number of hydrogen-bond donors (Lipinski definition) is 2. The molecule has 0 unspecified atom stereocenters. The first-order valence-electron chi connectivity index (χ1n) is 9.05. The number of carbonyl (C=O) groups excluding carboxylic acids is 2. The molecule has 0 aliphatic carbocycles. The van der Waals surface area contributed by atoms with E-state index in [9.17, 15) is 9.59 Å². The average Bonchev–Trinajstić information content (AvgIpc) is 3.13. The number of rotatable bonds is 6. The van der Waals surface area contributed by atoms with Crippen LogP contribution < -0.4 is 14.8 Å². The number of fused-ring (bicyclic) bond motifs is 2. The van der Waals surface area contributed by atoms with Crippen LogP contribution in [0.3, 0.4) is 0 Å². The number of ether oxygens (including phenoxy) is 3. The molecule has 0 radical (unpaired) electrons. The molecule has 0 fully saturated rings. The largest absolute Gasteiger partial charge is 0.486 e. The first-order chi connectivity index (χ1) is 13.7. The molecule has 1 aromatic heterocycles. The van der Waals surface area contributed by atoms with E-state index < -0.39 is 5.97 Å². The van der Waals surface area contributed by atoms with E-state index in [1.165, 1.54) is 0 Å². The monoisotopic (exact) mass is 380 g/mol.